The van der Waals surface area contributed by atoms with Crippen LogP contribution in [0.1, 0.15) is 136 Å². The summed E-state index contributed by atoms with van der Waals surface area (Å²) in [6.07, 6.45) is 28.1. The van der Waals surface area contributed by atoms with E-state index in [1.165, 1.54) is 43.3 Å². The Kier molecular flexibility index (Phi) is 14.8. The minimum Gasteiger partial charge on any atom is -0.300 e. The molecule has 3 aliphatic rings. The van der Waals surface area contributed by atoms with Gasteiger partial charge in [0.2, 0.25) is 0 Å². The summed E-state index contributed by atoms with van der Waals surface area (Å²) in [5.41, 5.74) is 2.70. The largest absolute Gasteiger partial charge is 0.300 e. The van der Waals surface area contributed by atoms with Crippen LogP contribution in [0.25, 0.3) is 0 Å². The molecule has 0 bridgehead atoms. The third kappa shape index (κ3) is 13.2. The van der Waals surface area contributed by atoms with Crippen LogP contribution >= 0.6 is 0 Å². The lowest BCUT2D eigenvalue weighted by Crippen LogP contribution is -2.18. The minimum atomic E-state index is 0.230. The van der Waals surface area contributed by atoms with E-state index in [1.54, 1.807) is 0 Å². The van der Waals surface area contributed by atoms with Crippen molar-refractivity contribution in [2.75, 3.05) is 0 Å². The SMILES string of the molecule is CC1CC(=O)CCCC/C=C/CCCCC(=O)C1.C[C@H]1CC(=O)C2=C(CCCC/C=C/CCC2)C1. The van der Waals surface area contributed by atoms with Crippen LogP contribution in [0.4, 0.5) is 0 Å². The van der Waals surface area contributed by atoms with Gasteiger partial charge in [-0.2, -0.15) is 0 Å². The zero-order valence-corrected chi connectivity index (χ0v) is 22.6. The second kappa shape index (κ2) is 17.6. The Morgan fingerprint density at radius 2 is 0.971 bits per heavy atom. The van der Waals surface area contributed by atoms with E-state index >= 15 is 0 Å². The van der Waals surface area contributed by atoms with Gasteiger partial charge in [0.15, 0.2) is 5.78 Å². The zero-order chi connectivity index (χ0) is 25.3. The van der Waals surface area contributed by atoms with E-state index < -0.39 is 0 Å². The van der Waals surface area contributed by atoms with E-state index in [1.807, 2.05) is 6.92 Å². The molecule has 0 N–H and O–H groups in total. The normalized spacial score (nSPS) is 26.8. The van der Waals surface area contributed by atoms with Gasteiger partial charge in [0, 0.05) is 32.1 Å². The van der Waals surface area contributed by atoms with Crippen molar-refractivity contribution < 1.29 is 14.4 Å². The molecule has 0 spiro atoms. The van der Waals surface area contributed by atoms with E-state index in [0.717, 1.165) is 64.2 Å². The summed E-state index contributed by atoms with van der Waals surface area (Å²) in [5, 5.41) is 0. The average Bonchev–Trinajstić information content (AvgIpc) is 2.85. The highest BCUT2D eigenvalue weighted by atomic mass is 16.1. The molecule has 0 heterocycles. The van der Waals surface area contributed by atoms with Crippen LogP contribution in [-0.2, 0) is 14.4 Å². The van der Waals surface area contributed by atoms with Crippen molar-refractivity contribution in [2.24, 2.45) is 11.8 Å². The first-order valence-electron chi connectivity index (χ1n) is 14.5. The van der Waals surface area contributed by atoms with Gasteiger partial charge in [-0.15, -0.1) is 0 Å². The van der Waals surface area contributed by atoms with Crippen LogP contribution in [0.2, 0.25) is 0 Å². The lowest BCUT2D eigenvalue weighted by molar-refractivity contribution is -0.122. The monoisotopic (exact) mass is 482 g/mol. The van der Waals surface area contributed by atoms with Gasteiger partial charge in [-0.25, -0.2) is 0 Å². The summed E-state index contributed by atoms with van der Waals surface area (Å²) in [7, 11) is 0. The number of hydrogen-bond acceptors (Lipinski definition) is 3. The van der Waals surface area contributed by atoms with Gasteiger partial charge < -0.3 is 0 Å². The molecule has 0 saturated heterocycles. The van der Waals surface area contributed by atoms with Crippen LogP contribution < -0.4 is 0 Å². The smallest absolute Gasteiger partial charge is 0.159 e. The van der Waals surface area contributed by atoms with Crippen LogP contribution in [-0.4, -0.2) is 17.3 Å². The second-order valence-corrected chi connectivity index (χ2v) is 11.2. The van der Waals surface area contributed by atoms with Gasteiger partial charge in [0.1, 0.15) is 11.6 Å². The number of carbonyl (C=O) groups is 3. The van der Waals surface area contributed by atoms with E-state index in [2.05, 4.69) is 31.2 Å². The molecule has 1 atom stereocenters. The zero-order valence-electron chi connectivity index (χ0n) is 22.6. The highest BCUT2D eigenvalue weighted by Crippen LogP contribution is 2.33. The molecule has 0 amide bonds. The highest BCUT2D eigenvalue weighted by Gasteiger charge is 2.24. The summed E-state index contributed by atoms with van der Waals surface area (Å²) < 4.78 is 0. The molecule has 3 heteroatoms. The Labute approximate surface area is 214 Å². The number of hydrogen-bond donors (Lipinski definition) is 0. The number of ketones is 3. The summed E-state index contributed by atoms with van der Waals surface area (Å²) >= 11 is 0. The minimum absolute atomic E-state index is 0.230. The van der Waals surface area contributed by atoms with Crippen LogP contribution in [0.5, 0.6) is 0 Å². The van der Waals surface area contributed by atoms with Crippen molar-refractivity contribution in [2.45, 2.75) is 136 Å². The molecule has 0 saturated carbocycles. The molecular weight excluding hydrogens is 432 g/mol. The summed E-state index contributed by atoms with van der Waals surface area (Å²) in [5.74, 6) is 1.91. The summed E-state index contributed by atoms with van der Waals surface area (Å²) in [6, 6.07) is 0. The maximum absolute atomic E-state index is 12.1. The van der Waals surface area contributed by atoms with Crippen molar-refractivity contribution in [3.05, 3.63) is 35.5 Å². The van der Waals surface area contributed by atoms with E-state index in [0.29, 0.717) is 49.0 Å². The van der Waals surface area contributed by atoms with Gasteiger partial charge in [-0.3, -0.25) is 14.4 Å². The first kappa shape index (κ1) is 29.5. The molecule has 3 aliphatic carbocycles. The Balaban J connectivity index is 0.000000247. The molecule has 0 radical (unpaired) electrons. The third-order valence-electron chi connectivity index (χ3n) is 7.43. The number of rotatable bonds is 0. The molecule has 0 aromatic heterocycles. The molecule has 0 aromatic carbocycles. The van der Waals surface area contributed by atoms with Crippen LogP contribution in [0, 0.1) is 11.8 Å². The molecule has 0 unspecified atom stereocenters. The average molecular weight is 483 g/mol. The molecule has 196 valence electrons. The fourth-order valence-electron chi connectivity index (χ4n) is 5.51. The van der Waals surface area contributed by atoms with E-state index in [9.17, 15) is 14.4 Å². The van der Waals surface area contributed by atoms with Gasteiger partial charge in [-0.05, 0) is 107 Å². The van der Waals surface area contributed by atoms with Gasteiger partial charge >= 0.3 is 0 Å². The van der Waals surface area contributed by atoms with Crippen molar-refractivity contribution in [3.8, 4) is 0 Å². The Morgan fingerprint density at radius 1 is 0.514 bits per heavy atom. The highest BCUT2D eigenvalue weighted by molar-refractivity contribution is 5.97. The lowest BCUT2D eigenvalue weighted by atomic mass is 9.80. The maximum atomic E-state index is 12.1. The Bertz CT molecular complexity index is 727. The van der Waals surface area contributed by atoms with Crippen molar-refractivity contribution in [1.82, 2.24) is 0 Å². The van der Waals surface area contributed by atoms with Gasteiger partial charge in [0.25, 0.3) is 0 Å². The number of carbonyl (C=O) groups excluding carboxylic acids is 3. The molecular formula is C32H50O3. The predicted octanol–water partition coefficient (Wildman–Crippen LogP) is 8.81. The van der Waals surface area contributed by atoms with Crippen LogP contribution in [0.15, 0.2) is 35.5 Å². The molecule has 3 nitrogen and oxygen atoms in total. The number of Topliss-reactive ketones (excluding diaryl/α,β-unsaturated/α-hetero) is 3. The first-order valence-corrected chi connectivity index (χ1v) is 14.5. The fraction of sp³-hybridized carbons (Fsp3) is 0.719. The fourth-order valence-corrected chi connectivity index (χ4v) is 5.51. The summed E-state index contributed by atoms with van der Waals surface area (Å²) in [4.78, 5) is 35.5. The quantitative estimate of drug-likeness (QED) is 0.324. The van der Waals surface area contributed by atoms with Gasteiger partial charge in [0.05, 0.1) is 0 Å². The molecule has 3 rings (SSSR count). The number of allylic oxidation sites excluding steroid dienone is 6. The maximum Gasteiger partial charge on any atom is 0.159 e. The predicted molar refractivity (Wildman–Crippen MR) is 146 cm³/mol. The van der Waals surface area contributed by atoms with Crippen molar-refractivity contribution in [3.63, 3.8) is 0 Å². The summed E-state index contributed by atoms with van der Waals surface area (Å²) in [6.45, 7) is 4.24. The Morgan fingerprint density at radius 3 is 1.51 bits per heavy atom. The van der Waals surface area contributed by atoms with Crippen molar-refractivity contribution >= 4 is 17.3 Å². The first-order chi connectivity index (χ1) is 17.0. The van der Waals surface area contributed by atoms with Crippen LogP contribution in [0.3, 0.4) is 0 Å². The van der Waals surface area contributed by atoms with E-state index in [-0.39, 0.29) is 5.92 Å². The standard InChI is InChI=1S/C16H26O2.C16H24O/c1-14-12-15(17)10-8-6-4-2-3-5-7-9-11-16(18)13-14;1-13-11-14-9-7-5-3-2-4-6-8-10-15(14)16(17)12-13/h2-3,14H,4-13H2,1H3;2,4,13H,3,5-12H2,1H3/b3-2+;4-2+/t;13-/m.1/s1. The molecule has 0 aromatic rings. The third-order valence-corrected chi connectivity index (χ3v) is 7.43. The molecule has 35 heavy (non-hydrogen) atoms. The van der Waals surface area contributed by atoms with E-state index in [4.69, 9.17) is 0 Å². The lowest BCUT2D eigenvalue weighted by Gasteiger charge is -2.24. The van der Waals surface area contributed by atoms with Gasteiger partial charge in [-0.1, -0.05) is 43.7 Å². The van der Waals surface area contributed by atoms with Crippen molar-refractivity contribution in [1.29, 1.82) is 0 Å². The second-order valence-electron chi connectivity index (χ2n) is 11.2. The topological polar surface area (TPSA) is 51.2 Å². The molecule has 0 fully saturated rings. The Hall–Kier alpha value is -1.77. The molecule has 0 aliphatic heterocycles.